The Kier molecular flexibility index (Phi) is 4.15. The molecule has 0 bridgehead atoms. The Hall–Kier alpha value is -1.35. The molecular weight excluding hydrogens is 212 g/mol. The Morgan fingerprint density at radius 2 is 2.24 bits per heavy atom. The van der Waals surface area contributed by atoms with Gasteiger partial charge in [0.05, 0.1) is 0 Å². The number of benzene rings is 1. The van der Waals surface area contributed by atoms with E-state index in [4.69, 9.17) is 0 Å². The van der Waals surface area contributed by atoms with Crippen LogP contribution in [-0.4, -0.2) is 24.5 Å². The van der Waals surface area contributed by atoms with E-state index in [0.29, 0.717) is 6.04 Å². The molecule has 1 aromatic rings. The van der Waals surface area contributed by atoms with E-state index in [-0.39, 0.29) is 11.9 Å². The third kappa shape index (κ3) is 3.07. The SMILES string of the molecule is CCC(NC(=O)c1ccccc1)C1CCCN1. The van der Waals surface area contributed by atoms with Crippen LogP contribution in [0.5, 0.6) is 0 Å². The Bertz CT molecular complexity index is 358. The lowest BCUT2D eigenvalue weighted by atomic mass is 10.0. The van der Waals surface area contributed by atoms with Crippen molar-refractivity contribution in [3.63, 3.8) is 0 Å². The average molecular weight is 232 g/mol. The first kappa shape index (κ1) is 12.1. The van der Waals surface area contributed by atoms with E-state index in [1.54, 1.807) is 0 Å². The van der Waals surface area contributed by atoms with Crippen molar-refractivity contribution in [3.8, 4) is 0 Å². The molecule has 1 heterocycles. The lowest BCUT2D eigenvalue weighted by Crippen LogP contribution is -2.47. The van der Waals surface area contributed by atoms with Crippen LogP contribution in [0.25, 0.3) is 0 Å². The van der Waals surface area contributed by atoms with Crippen molar-refractivity contribution >= 4 is 5.91 Å². The number of hydrogen-bond donors (Lipinski definition) is 2. The minimum absolute atomic E-state index is 0.0335. The van der Waals surface area contributed by atoms with Crippen molar-refractivity contribution in [2.24, 2.45) is 0 Å². The fourth-order valence-electron chi connectivity index (χ4n) is 2.38. The van der Waals surface area contributed by atoms with Crippen LogP contribution in [0, 0.1) is 0 Å². The van der Waals surface area contributed by atoms with E-state index in [0.717, 1.165) is 24.9 Å². The second-order valence-electron chi connectivity index (χ2n) is 4.56. The minimum atomic E-state index is 0.0335. The highest BCUT2D eigenvalue weighted by molar-refractivity contribution is 5.94. The van der Waals surface area contributed by atoms with Crippen LogP contribution < -0.4 is 10.6 Å². The summed E-state index contributed by atoms with van der Waals surface area (Å²) in [6, 6.07) is 10.1. The molecule has 2 N–H and O–H groups in total. The molecule has 2 unspecified atom stereocenters. The Labute approximate surface area is 103 Å². The van der Waals surface area contributed by atoms with Gasteiger partial charge in [0.1, 0.15) is 0 Å². The molecule has 1 aromatic carbocycles. The molecule has 92 valence electrons. The van der Waals surface area contributed by atoms with E-state index in [1.165, 1.54) is 6.42 Å². The summed E-state index contributed by atoms with van der Waals surface area (Å²) in [5.41, 5.74) is 0.740. The smallest absolute Gasteiger partial charge is 0.251 e. The van der Waals surface area contributed by atoms with Gasteiger partial charge in [-0.25, -0.2) is 0 Å². The zero-order chi connectivity index (χ0) is 12.1. The van der Waals surface area contributed by atoms with Crippen LogP contribution in [0.1, 0.15) is 36.5 Å². The van der Waals surface area contributed by atoms with Gasteiger partial charge >= 0.3 is 0 Å². The lowest BCUT2D eigenvalue weighted by Gasteiger charge is -2.23. The maximum Gasteiger partial charge on any atom is 0.251 e. The van der Waals surface area contributed by atoms with Crippen molar-refractivity contribution in [1.29, 1.82) is 0 Å². The molecule has 2 rings (SSSR count). The highest BCUT2D eigenvalue weighted by Crippen LogP contribution is 2.12. The Morgan fingerprint density at radius 3 is 2.82 bits per heavy atom. The van der Waals surface area contributed by atoms with Crippen LogP contribution in [0.15, 0.2) is 30.3 Å². The van der Waals surface area contributed by atoms with E-state index < -0.39 is 0 Å². The van der Waals surface area contributed by atoms with Crippen LogP contribution >= 0.6 is 0 Å². The number of rotatable bonds is 4. The molecule has 0 saturated carbocycles. The Morgan fingerprint density at radius 1 is 1.47 bits per heavy atom. The van der Waals surface area contributed by atoms with Crippen LogP contribution in [-0.2, 0) is 0 Å². The van der Waals surface area contributed by atoms with Gasteiger partial charge in [-0.15, -0.1) is 0 Å². The van der Waals surface area contributed by atoms with Crippen molar-refractivity contribution in [2.45, 2.75) is 38.3 Å². The van der Waals surface area contributed by atoms with Gasteiger partial charge < -0.3 is 10.6 Å². The molecule has 0 aliphatic carbocycles. The van der Waals surface area contributed by atoms with Crippen LogP contribution in [0.3, 0.4) is 0 Å². The summed E-state index contributed by atoms with van der Waals surface area (Å²) in [5.74, 6) is 0.0335. The summed E-state index contributed by atoms with van der Waals surface area (Å²) < 4.78 is 0. The topological polar surface area (TPSA) is 41.1 Å². The largest absolute Gasteiger partial charge is 0.348 e. The molecule has 2 atom stereocenters. The molecule has 17 heavy (non-hydrogen) atoms. The van der Waals surface area contributed by atoms with Crippen molar-refractivity contribution < 1.29 is 4.79 Å². The molecule has 0 spiro atoms. The van der Waals surface area contributed by atoms with Crippen molar-refractivity contribution in [3.05, 3.63) is 35.9 Å². The third-order valence-electron chi connectivity index (χ3n) is 3.38. The summed E-state index contributed by atoms with van der Waals surface area (Å²) in [6.07, 6.45) is 3.34. The molecule has 3 nitrogen and oxygen atoms in total. The van der Waals surface area contributed by atoms with Gasteiger partial charge in [-0.3, -0.25) is 4.79 Å². The van der Waals surface area contributed by atoms with Gasteiger partial charge in [0, 0.05) is 17.6 Å². The number of carbonyl (C=O) groups excluding carboxylic acids is 1. The maximum atomic E-state index is 12.0. The molecule has 1 fully saturated rings. The molecule has 3 heteroatoms. The van der Waals surface area contributed by atoms with Gasteiger partial charge in [0.2, 0.25) is 0 Å². The monoisotopic (exact) mass is 232 g/mol. The highest BCUT2D eigenvalue weighted by Gasteiger charge is 2.24. The van der Waals surface area contributed by atoms with Crippen molar-refractivity contribution in [2.75, 3.05) is 6.54 Å². The van der Waals surface area contributed by atoms with E-state index in [2.05, 4.69) is 17.6 Å². The summed E-state index contributed by atoms with van der Waals surface area (Å²) in [7, 11) is 0. The van der Waals surface area contributed by atoms with E-state index in [1.807, 2.05) is 30.3 Å². The molecule has 0 radical (unpaired) electrons. The summed E-state index contributed by atoms with van der Waals surface area (Å²) in [6.45, 7) is 3.19. The minimum Gasteiger partial charge on any atom is -0.348 e. The fourth-order valence-corrected chi connectivity index (χ4v) is 2.38. The first-order valence-corrected chi connectivity index (χ1v) is 6.40. The normalized spacial score (nSPS) is 21.1. The van der Waals surface area contributed by atoms with Gasteiger partial charge in [0.15, 0.2) is 0 Å². The van der Waals surface area contributed by atoms with Gasteiger partial charge in [-0.2, -0.15) is 0 Å². The molecule has 0 aromatic heterocycles. The van der Waals surface area contributed by atoms with E-state index >= 15 is 0 Å². The predicted molar refractivity (Wildman–Crippen MR) is 69.0 cm³/mol. The molecule has 1 saturated heterocycles. The van der Waals surface area contributed by atoms with Gasteiger partial charge in [-0.05, 0) is 37.9 Å². The van der Waals surface area contributed by atoms with Gasteiger partial charge in [0.25, 0.3) is 5.91 Å². The number of amides is 1. The second kappa shape index (κ2) is 5.82. The average Bonchev–Trinajstić information content (AvgIpc) is 2.90. The van der Waals surface area contributed by atoms with Crippen molar-refractivity contribution in [1.82, 2.24) is 10.6 Å². The fraction of sp³-hybridized carbons (Fsp3) is 0.500. The zero-order valence-corrected chi connectivity index (χ0v) is 10.3. The molecular formula is C14H20N2O. The third-order valence-corrected chi connectivity index (χ3v) is 3.38. The summed E-state index contributed by atoms with van der Waals surface area (Å²) in [4.78, 5) is 12.0. The molecule has 1 amide bonds. The number of carbonyl (C=O) groups is 1. The Balaban J connectivity index is 1.96. The summed E-state index contributed by atoms with van der Waals surface area (Å²) >= 11 is 0. The van der Waals surface area contributed by atoms with Crippen LogP contribution in [0.2, 0.25) is 0 Å². The van der Waals surface area contributed by atoms with E-state index in [9.17, 15) is 4.79 Å². The highest BCUT2D eigenvalue weighted by atomic mass is 16.1. The first-order valence-electron chi connectivity index (χ1n) is 6.40. The maximum absolute atomic E-state index is 12.0. The first-order chi connectivity index (χ1) is 8.31. The molecule has 1 aliphatic rings. The second-order valence-corrected chi connectivity index (χ2v) is 4.56. The van der Waals surface area contributed by atoms with Gasteiger partial charge in [-0.1, -0.05) is 25.1 Å². The lowest BCUT2D eigenvalue weighted by molar-refractivity contribution is 0.0927. The zero-order valence-electron chi connectivity index (χ0n) is 10.3. The number of hydrogen-bond acceptors (Lipinski definition) is 2. The van der Waals surface area contributed by atoms with Crippen LogP contribution in [0.4, 0.5) is 0 Å². The quantitative estimate of drug-likeness (QED) is 0.833. The number of nitrogens with one attached hydrogen (secondary N) is 2. The molecule has 1 aliphatic heterocycles. The predicted octanol–water partition coefficient (Wildman–Crippen LogP) is 1.95. The summed E-state index contributed by atoms with van der Waals surface area (Å²) in [5, 5.41) is 6.57. The standard InChI is InChI=1S/C14H20N2O/c1-2-12(13-9-6-10-15-13)16-14(17)11-7-4-3-5-8-11/h3-5,7-8,12-13,15H,2,6,9-10H2,1H3,(H,16,17).